The third-order valence-corrected chi connectivity index (χ3v) is 6.03. The molecule has 4 amide bonds. The van der Waals surface area contributed by atoms with Gasteiger partial charge in [-0.05, 0) is 49.9 Å². The molecule has 8 nitrogen and oxygen atoms in total. The Morgan fingerprint density at radius 1 is 0.706 bits per heavy atom. The van der Waals surface area contributed by atoms with Gasteiger partial charge >= 0.3 is 0 Å². The molecule has 0 atom stereocenters. The maximum absolute atomic E-state index is 12.7. The summed E-state index contributed by atoms with van der Waals surface area (Å²) in [7, 11) is 0. The molecule has 0 fully saturated rings. The summed E-state index contributed by atoms with van der Waals surface area (Å²) in [6.45, 7) is 6.94. The number of hydrogen-bond acceptors (Lipinski definition) is 6. The first kappa shape index (κ1) is 25.0. The Bertz CT molecular complexity index is 1160. The average molecular weight is 463 g/mol. The fourth-order valence-electron chi connectivity index (χ4n) is 4.45. The van der Waals surface area contributed by atoms with Crippen LogP contribution < -0.4 is 0 Å². The van der Waals surface area contributed by atoms with Crippen molar-refractivity contribution < 1.29 is 19.2 Å². The van der Waals surface area contributed by atoms with Crippen LogP contribution in [0.25, 0.3) is 21.8 Å². The molecule has 0 radical (unpaired) electrons. The van der Waals surface area contributed by atoms with Gasteiger partial charge in [-0.2, -0.15) is 0 Å². The first-order valence-electron chi connectivity index (χ1n) is 11.5. The molecule has 3 rings (SSSR count). The number of benzene rings is 1. The van der Waals surface area contributed by atoms with Crippen molar-refractivity contribution in [2.75, 3.05) is 13.1 Å². The van der Waals surface area contributed by atoms with E-state index >= 15 is 0 Å². The van der Waals surface area contributed by atoms with E-state index in [1.54, 1.807) is 26.2 Å². The van der Waals surface area contributed by atoms with Gasteiger partial charge in [0.1, 0.15) is 0 Å². The highest BCUT2D eigenvalue weighted by molar-refractivity contribution is 6.07. The van der Waals surface area contributed by atoms with Crippen LogP contribution in [0.4, 0.5) is 0 Å². The number of nitrogens with zero attached hydrogens (tertiary/aromatic N) is 4. The third-order valence-electron chi connectivity index (χ3n) is 6.03. The summed E-state index contributed by atoms with van der Waals surface area (Å²) in [5.41, 5.74) is 3.28. The Hall–Kier alpha value is -3.68. The topological polar surface area (TPSA) is 101 Å². The maximum Gasteiger partial charge on any atom is 0.229 e. The third kappa shape index (κ3) is 5.11. The van der Waals surface area contributed by atoms with Crippen LogP contribution in [0.5, 0.6) is 0 Å². The van der Waals surface area contributed by atoms with E-state index in [-0.39, 0.29) is 36.5 Å². The van der Waals surface area contributed by atoms with E-state index in [9.17, 15) is 19.2 Å². The molecule has 1 aromatic carbocycles. The summed E-state index contributed by atoms with van der Waals surface area (Å²) in [4.78, 5) is 60.7. The molecule has 0 unspecified atom stereocenters. The van der Waals surface area contributed by atoms with Crippen molar-refractivity contribution in [3.63, 3.8) is 0 Å². The molecule has 178 valence electrons. The molecule has 0 saturated carbocycles. The van der Waals surface area contributed by atoms with Gasteiger partial charge in [-0.1, -0.05) is 12.1 Å². The number of rotatable bonds is 8. The number of hydrogen-bond donors (Lipinski definition) is 0. The molecular formula is C26H30N4O4. The van der Waals surface area contributed by atoms with Gasteiger partial charge in [0.25, 0.3) is 0 Å². The second-order valence-corrected chi connectivity index (χ2v) is 8.07. The van der Waals surface area contributed by atoms with E-state index in [4.69, 9.17) is 0 Å². The summed E-state index contributed by atoms with van der Waals surface area (Å²) in [5.74, 6) is -1.05. The van der Waals surface area contributed by atoms with Crippen molar-refractivity contribution in [2.45, 2.75) is 53.4 Å². The highest BCUT2D eigenvalue weighted by Crippen LogP contribution is 2.32. The number of pyridine rings is 2. The quantitative estimate of drug-likeness (QED) is 0.476. The SMILES string of the molecule is CCN(C(C)=O)C(=O)CCc1c(CCC(=O)N(CC)C(C)=O)c2cccnc2c2ncccc12. The van der Waals surface area contributed by atoms with Gasteiger partial charge in [0.2, 0.25) is 23.6 Å². The number of aryl methyl sites for hydroxylation is 2. The minimum atomic E-state index is -0.281. The lowest BCUT2D eigenvalue weighted by molar-refractivity contribution is -0.144. The van der Waals surface area contributed by atoms with Crippen LogP contribution in [0, 0.1) is 0 Å². The lowest BCUT2D eigenvalue weighted by atomic mass is 9.90. The number of imide groups is 2. The molecule has 8 heteroatoms. The van der Waals surface area contributed by atoms with Crippen molar-refractivity contribution in [2.24, 2.45) is 0 Å². The van der Waals surface area contributed by atoms with Gasteiger partial charge < -0.3 is 0 Å². The fraction of sp³-hybridized carbons (Fsp3) is 0.385. The van der Waals surface area contributed by atoms with Crippen molar-refractivity contribution in [3.8, 4) is 0 Å². The van der Waals surface area contributed by atoms with E-state index in [2.05, 4.69) is 9.97 Å². The molecule has 0 aliphatic heterocycles. The first-order valence-corrected chi connectivity index (χ1v) is 11.5. The molecule has 0 aliphatic rings. The summed E-state index contributed by atoms with van der Waals surface area (Å²) >= 11 is 0. The second kappa shape index (κ2) is 11.0. The van der Waals surface area contributed by atoms with Gasteiger partial charge in [-0.15, -0.1) is 0 Å². The van der Waals surface area contributed by atoms with Crippen LogP contribution in [0.2, 0.25) is 0 Å². The van der Waals surface area contributed by atoms with E-state index in [1.165, 1.54) is 23.6 Å². The van der Waals surface area contributed by atoms with Crippen molar-refractivity contribution in [1.82, 2.24) is 19.8 Å². The van der Waals surface area contributed by atoms with Crippen LogP contribution in [0.15, 0.2) is 36.7 Å². The van der Waals surface area contributed by atoms with Crippen molar-refractivity contribution >= 4 is 45.4 Å². The van der Waals surface area contributed by atoms with Crippen LogP contribution in [-0.4, -0.2) is 56.5 Å². The summed E-state index contributed by atoms with van der Waals surface area (Å²) in [5, 5.41) is 1.74. The Balaban J connectivity index is 2.07. The van der Waals surface area contributed by atoms with Gasteiger partial charge in [-0.25, -0.2) is 0 Å². The highest BCUT2D eigenvalue weighted by atomic mass is 16.2. The standard InChI is InChI=1S/C26H30N4O4/c1-5-29(17(3)31)23(33)13-11-19-20(12-14-24(34)30(6-2)18(4)32)22-10-8-16-28-26(22)25-21(19)9-7-15-27-25/h7-10,15-16H,5-6,11-14H2,1-4H3. The zero-order chi connectivity index (χ0) is 24.8. The minimum Gasteiger partial charge on any atom is -0.283 e. The van der Waals surface area contributed by atoms with E-state index in [0.717, 1.165) is 32.9 Å². The molecule has 0 saturated heterocycles. The average Bonchev–Trinajstić information content (AvgIpc) is 2.82. The van der Waals surface area contributed by atoms with Crippen molar-refractivity contribution in [3.05, 3.63) is 47.8 Å². The molecule has 3 aromatic rings. The van der Waals surface area contributed by atoms with E-state index in [1.807, 2.05) is 24.3 Å². The van der Waals surface area contributed by atoms with Crippen LogP contribution in [-0.2, 0) is 32.0 Å². The number of aromatic nitrogens is 2. The van der Waals surface area contributed by atoms with Crippen LogP contribution in [0.1, 0.15) is 51.7 Å². The van der Waals surface area contributed by atoms with Crippen molar-refractivity contribution in [1.29, 1.82) is 0 Å². The van der Waals surface area contributed by atoms with Crippen LogP contribution >= 0.6 is 0 Å². The normalized spacial score (nSPS) is 10.9. The van der Waals surface area contributed by atoms with Crippen LogP contribution in [0.3, 0.4) is 0 Å². The van der Waals surface area contributed by atoms with E-state index < -0.39 is 0 Å². The second-order valence-electron chi connectivity index (χ2n) is 8.07. The molecule has 0 spiro atoms. The summed E-state index contributed by atoms with van der Waals surface area (Å²) in [6, 6.07) is 7.55. The lowest BCUT2D eigenvalue weighted by Crippen LogP contribution is -2.35. The van der Waals surface area contributed by atoms with Gasteiger partial charge in [0.15, 0.2) is 0 Å². The van der Waals surface area contributed by atoms with E-state index in [0.29, 0.717) is 25.9 Å². The largest absolute Gasteiger partial charge is 0.283 e. The lowest BCUT2D eigenvalue weighted by Gasteiger charge is -2.20. The number of carbonyl (C=O) groups is 4. The zero-order valence-corrected chi connectivity index (χ0v) is 20.1. The predicted molar refractivity (Wildman–Crippen MR) is 130 cm³/mol. The molecule has 0 aliphatic carbocycles. The van der Waals surface area contributed by atoms with Gasteiger partial charge in [0.05, 0.1) is 11.0 Å². The highest BCUT2D eigenvalue weighted by Gasteiger charge is 2.22. The molecule has 0 bridgehead atoms. The first-order chi connectivity index (χ1) is 16.3. The Morgan fingerprint density at radius 2 is 1.09 bits per heavy atom. The summed E-state index contributed by atoms with van der Waals surface area (Å²) < 4.78 is 0. The molecule has 0 N–H and O–H groups in total. The minimum absolute atomic E-state index is 0.151. The Labute approximate surface area is 199 Å². The monoisotopic (exact) mass is 462 g/mol. The number of fused-ring (bicyclic) bond motifs is 3. The molecule has 2 heterocycles. The Kier molecular flexibility index (Phi) is 8.04. The summed E-state index contributed by atoms with van der Waals surface area (Å²) in [6.07, 6.45) is 4.49. The molecule has 2 aromatic heterocycles. The number of amides is 4. The van der Waals surface area contributed by atoms with Gasteiger partial charge in [-0.3, -0.25) is 38.9 Å². The maximum atomic E-state index is 12.7. The number of carbonyl (C=O) groups excluding carboxylic acids is 4. The Morgan fingerprint density at radius 3 is 1.41 bits per heavy atom. The van der Waals surface area contributed by atoms with Gasteiger partial charge in [0, 0.05) is 62.9 Å². The molecular weight excluding hydrogens is 432 g/mol. The molecule has 34 heavy (non-hydrogen) atoms. The smallest absolute Gasteiger partial charge is 0.229 e. The zero-order valence-electron chi connectivity index (χ0n) is 20.1. The predicted octanol–water partition coefficient (Wildman–Crippen LogP) is 3.44. The fourth-order valence-corrected chi connectivity index (χ4v) is 4.45.